The number of phosphoric acid groups is 1. The van der Waals surface area contributed by atoms with E-state index in [1.165, 1.54) is 0 Å². The molecule has 0 heterocycles. The van der Waals surface area contributed by atoms with E-state index in [4.69, 9.17) is 14.3 Å². The highest BCUT2D eigenvalue weighted by Crippen LogP contribution is 2.44. The first-order valence-electron chi connectivity index (χ1n) is 5.59. The van der Waals surface area contributed by atoms with E-state index in [1.807, 2.05) is 6.92 Å². The first-order valence-corrected chi connectivity index (χ1v) is 7.12. The van der Waals surface area contributed by atoms with Crippen LogP contribution in [0.1, 0.15) is 59.3 Å². The molecule has 0 radical (unpaired) electrons. The van der Waals surface area contributed by atoms with Gasteiger partial charge in [-0.3, -0.25) is 4.52 Å². The van der Waals surface area contributed by atoms with Crippen LogP contribution in [0, 0.1) is 0 Å². The molecule has 0 aliphatic rings. The van der Waals surface area contributed by atoms with Crippen LogP contribution in [0.3, 0.4) is 0 Å². The van der Waals surface area contributed by atoms with Gasteiger partial charge in [-0.15, -0.1) is 0 Å². The summed E-state index contributed by atoms with van der Waals surface area (Å²) in [5.41, 5.74) is -0.678. The molecule has 0 saturated heterocycles. The monoisotopic (exact) mass is 238 g/mol. The molecule has 2 N–H and O–H groups in total. The topological polar surface area (TPSA) is 66.8 Å². The summed E-state index contributed by atoms with van der Waals surface area (Å²) in [5, 5.41) is 0. The highest BCUT2D eigenvalue weighted by Gasteiger charge is 2.31. The number of hydrogen-bond donors (Lipinski definition) is 2. The molecule has 1 unspecified atom stereocenters. The zero-order valence-electron chi connectivity index (χ0n) is 9.90. The Balaban J connectivity index is 4.24. The van der Waals surface area contributed by atoms with Crippen molar-refractivity contribution in [2.75, 3.05) is 0 Å². The fourth-order valence-electron chi connectivity index (χ4n) is 1.78. The Morgan fingerprint density at radius 1 is 1.13 bits per heavy atom. The Bertz CT molecular complexity index is 213. The van der Waals surface area contributed by atoms with E-state index in [0.29, 0.717) is 12.8 Å². The lowest BCUT2D eigenvalue weighted by molar-refractivity contribution is 0.0321. The van der Waals surface area contributed by atoms with Gasteiger partial charge < -0.3 is 9.79 Å². The molecule has 92 valence electrons. The Morgan fingerprint density at radius 3 is 2.13 bits per heavy atom. The molecule has 0 aliphatic heterocycles. The van der Waals surface area contributed by atoms with Crippen LogP contribution in [-0.4, -0.2) is 15.4 Å². The number of phosphoric ester groups is 1. The van der Waals surface area contributed by atoms with Crippen molar-refractivity contribution in [3.8, 4) is 0 Å². The van der Waals surface area contributed by atoms with Crippen molar-refractivity contribution in [1.82, 2.24) is 0 Å². The van der Waals surface area contributed by atoms with Crippen molar-refractivity contribution < 1.29 is 18.9 Å². The molecule has 0 spiro atoms. The lowest BCUT2D eigenvalue weighted by atomic mass is 9.94. The van der Waals surface area contributed by atoms with Crippen LogP contribution < -0.4 is 0 Å². The molecule has 0 rings (SSSR count). The number of rotatable bonds is 8. The van der Waals surface area contributed by atoms with Gasteiger partial charge in [0.05, 0.1) is 5.60 Å². The van der Waals surface area contributed by atoms with Crippen LogP contribution in [0.15, 0.2) is 0 Å². The second-order valence-electron chi connectivity index (χ2n) is 4.24. The Labute approximate surface area is 92.3 Å². The van der Waals surface area contributed by atoms with Gasteiger partial charge in [0.25, 0.3) is 0 Å². The molecule has 1 atom stereocenters. The third-order valence-corrected chi connectivity index (χ3v) is 3.11. The largest absolute Gasteiger partial charge is 0.470 e. The van der Waals surface area contributed by atoms with Crippen LogP contribution in [0.4, 0.5) is 0 Å². The van der Waals surface area contributed by atoms with E-state index < -0.39 is 13.4 Å². The van der Waals surface area contributed by atoms with Gasteiger partial charge in [0.15, 0.2) is 0 Å². The van der Waals surface area contributed by atoms with Crippen molar-refractivity contribution in [2.24, 2.45) is 0 Å². The van der Waals surface area contributed by atoms with Gasteiger partial charge in [-0.05, 0) is 19.8 Å². The van der Waals surface area contributed by atoms with Gasteiger partial charge in [-0.25, -0.2) is 4.57 Å². The zero-order valence-corrected chi connectivity index (χ0v) is 10.8. The van der Waals surface area contributed by atoms with Crippen molar-refractivity contribution in [1.29, 1.82) is 0 Å². The molecule has 0 aromatic heterocycles. The standard InChI is InChI=1S/C10H23O4P/c1-4-6-7-9-10(3,8-5-2)14-15(11,12)13/h4-9H2,1-3H3,(H2,11,12,13). The molecule has 0 saturated carbocycles. The van der Waals surface area contributed by atoms with E-state index in [9.17, 15) is 4.57 Å². The van der Waals surface area contributed by atoms with Gasteiger partial charge in [-0.1, -0.05) is 39.5 Å². The Kier molecular flexibility index (Phi) is 6.69. The first kappa shape index (κ1) is 15.1. The van der Waals surface area contributed by atoms with Gasteiger partial charge in [0.1, 0.15) is 0 Å². The van der Waals surface area contributed by atoms with Crippen molar-refractivity contribution in [3.63, 3.8) is 0 Å². The number of unbranched alkanes of at least 4 members (excludes halogenated alkanes) is 2. The second-order valence-corrected chi connectivity index (χ2v) is 5.40. The molecular formula is C10H23O4P. The maximum atomic E-state index is 10.8. The molecule has 4 nitrogen and oxygen atoms in total. The van der Waals surface area contributed by atoms with Crippen LogP contribution in [0.5, 0.6) is 0 Å². The zero-order chi connectivity index (χ0) is 11.9. The Morgan fingerprint density at radius 2 is 1.73 bits per heavy atom. The first-order chi connectivity index (χ1) is 6.83. The Hall–Kier alpha value is 0.110. The van der Waals surface area contributed by atoms with E-state index >= 15 is 0 Å². The highest BCUT2D eigenvalue weighted by atomic mass is 31.2. The van der Waals surface area contributed by atoms with E-state index in [2.05, 4.69) is 6.92 Å². The fourth-order valence-corrected chi connectivity index (χ4v) is 2.54. The summed E-state index contributed by atoms with van der Waals surface area (Å²) in [6, 6.07) is 0. The second kappa shape index (κ2) is 6.64. The molecule has 5 heteroatoms. The molecule has 0 aromatic carbocycles. The van der Waals surface area contributed by atoms with E-state index in [1.54, 1.807) is 6.92 Å². The third-order valence-electron chi connectivity index (χ3n) is 2.43. The van der Waals surface area contributed by atoms with Crippen LogP contribution in [0.25, 0.3) is 0 Å². The molecule has 15 heavy (non-hydrogen) atoms. The van der Waals surface area contributed by atoms with Crippen LogP contribution in [0.2, 0.25) is 0 Å². The lowest BCUT2D eigenvalue weighted by Gasteiger charge is -2.29. The molecular weight excluding hydrogens is 215 g/mol. The molecule has 0 fully saturated rings. The van der Waals surface area contributed by atoms with Crippen LogP contribution in [-0.2, 0) is 9.09 Å². The average Bonchev–Trinajstić information content (AvgIpc) is 2.01. The molecule has 0 aromatic rings. The predicted octanol–water partition coefficient (Wildman–Crippen LogP) is 3.23. The minimum absolute atomic E-state index is 0.678. The summed E-state index contributed by atoms with van der Waals surface area (Å²) in [5.74, 6) is 0. The smallest absolute Gasteiger partial charge is 0.303 e. The average molecular weight is 238 g/mol. The van der Waals surface area contributed by atoms with Crippen molar-refractivity contribution in [2.45, 2.75) is 64.9 Å². The van der Waals surface area contributed by atoms with E-state index in [-0.39, 0.29) is 0 Å². The summed E-state index contributed by atoms with van der Waals surface area (Å²) < 4.78 is 15.7. The minimum Gasteiger partial charge on any atom is -0.303 e. The maximum absolute atomic E-state index is 10.8. The summed E-state index contributed by atoms with van der Waals surface area (Å²) in [4.78, 5) is 17.7. The molecule has 0 aliphatic carbocycles. The van der Waals surface area contributed by atoms with Crippen molar-refractivity contribution in [3.05, 3.63) is 0 Å². The minimum atomic E-state index is -4.37. The van der Waals surface area contributed by atoms with Crippen molar-refractivity contribution >= 4 is 7.82 Å². The fraction of sp³-hybridized carbons (Fsp3) is 1.00. The summed E-state index contributed by atoms with van der Waals surface area (Å²) in [6.07, 6.45) is 5.37. The normalized spacial score (nSPS) is 16.3. The van der Waals surface area contributed by atoms with Gasteiger partial charge in [0, 0.05) is 0 Å². The quantitative estimate of drug-likeness (QED) is 0.503. The number of hydrogen-bond acceptors (Lipinski definition) is 2. The maximum Gasteiger partial charge on any atom is 0.470 e. The van der Waals surface area contributed by atoms with E-state index in [0.717, 1.165) is 25.7 Å². The predicted molar refractivity (Wildman–Crippen MR) is 60.6 cm³/mol. The lowest BCUT2D eigenvalue weighted by Crippen LogP contribution is -2.27. The summed E-state index contributed by atoms with van der Waals surface area (Å²) >= 11 is 0. The molecule has 0 bridgehead atoms. The third kappa shape index (κ3) is 7.97. The summed E-state index contributed by atoms with van der Waals surface area (Å²) in [6.45, 7) is 5.87. The van der Waals surface area contributed by atoms with Gasteiger partial charge >= 0.3 is 7.82 Å². The molecule has 0 amide bonds. The van der Waals surface area contributed by atoms with Gasteiger partial charge in [-0.2, -0.15) is 0 Å². The highest BCUT2D eigenvalue weighted by molar-refractivity contribution is 7.46. The summed E-state index contributed by atoms with van der Waals surface area (Å²) in [7, 11) is -4.37. The van der Waals surface area contributed by atoms with Gasteiger partial charge in [0.2, 0.25) is 0 Å². The SMILES string of the molecule is CCCCCC(C)(CCC)OP(=O)(O)O. The van der Waals surface area contributed by atoms with Crippen LogP contribution >= 0.6 is 7.82 Å².